The number of fused-ring (bicyclic) bond motifs is 2. The van der Waals surface area contributed by atoms with Crippen LogP contribution in [-0.4, -0.2) is 41.8 Å². The van der Waals surface area contributed by atoms with Crippen molar-refractivity contribution in [3.05, 3.63) is 0 Å². The molecule has 1 saturated carbocycles. The van der Waals surface area contributed by atoms with E-state index in [2.05, 4.69) is 6.92 Å². The van der Waals surface area contributed by atoms with Gasteiger partial charge in [0.2, 0.25) is 0 Å². The zero-order valence-corrected chi connectivity index (χ0v) is 12.3. The summed E-state index contributed by atoms with van der Waals surface area (Å²) in [4.78, 5) is 25.8. The number of methoxy groups -OCH3 is 1. The summed E-state index contributed by atoms with van der Waals surface area (Å²) in [6.45, 7) is 7.61. The molecule has 0 N–H and O–H groups in total. The number of nitrogens with zero attached hydrogens (tertiary/aromatic N) is 1. The number of rotatable bonds is 1. The third-order valence-corrected chi connectivity index (χ3v) is 4.03. The van der Waals surface area contributed by atoms with Gasteiger partial charge in [-0.2, -0.15) is 0 Å². The average molecular weight is 269 g/mol. The molecule has 5 heteroatoms. The summed E-state index contributed by atoms with van der Waals surface area (Å²) in [5.74, 6) is 0.295. The number of hydrogen-bond donors (Lipinski definition) is 0. The maximum Gasteiger partial charge on any atom is 0.411 e. The molecule has 4 atom stereocenters. The predicted molar refractivity (Wildman–Crippen MR) is 69.6 cm³/mol. The quantitative estimate of drug-likeness (QED) is 0.685. The minimum atomic E-state index is -0.553. The van der Waals surface area contributed by atoms with E-state index in [9.17, 15) is 9.59 Å². The smallest absolute Gasteiger partial charge is 0.411 e. The van der Waals surface area contributed by atoms with Crippen LogP contribution in [0.15, 0.2) is 0 Å². The van der Waals surface area contributed by atoms with Crippen molar-refractivity contribution in [2.75, 3.05) is 7.11 Å². The van der Waals surface area contributed by atoms with Crippen molar-refractivity contribution < 1.29 is 19.1 Å². The van der Waals surface area contributed by atoms with Crippen LogP contribution in [0, 0.1) is 11.8 Å². The van der Waals surface area contributed by atoms with Crippen LogP contribution in [-0.2, 0) is 14.3 Å². The summed E-state index contributed by atoms with van der Waals surface area (Å²) >= 11 is 0. The summed E-state index contributed by atoms with van der Waals surface area (Å²) in [5.41, 5.74) is -0.553. The van der Waals surface area contributed by atoms with Crippen LogP contribution in [0.25, 0.3) is 0 Å². The summed E-state index contributed by atoms with van der Waals surface area (Å²) in [5, 5.41) is 0. The third kappa shape index (κ3) is 2.55. The molecule has 0 aromatic rings. The summed E-state index contributed by atoms with van der Waals surface area (Å²) < 4.78 is 10.3. The Morgan fingerprint density at radius 3 is 2.37 bits per heavy atom. The Morgan fingerprint density at radius 2 is 1.84 bits per heavy atom. The van der Waals surface area contributed by atoms with Crippen molar-refractivity contribution in [2.45, 2.75) is 58.2 Å². The second kappa shape index (κ2) is 4.69. The Balaban J connectivity index is 2.20. The Morgan fingerprint density at radius 1 is 1.21 bits per heavy atom. The molecule has 1 heterocycles. The highest BCUT2D eigenvalue weighted by Gasteiger charge is 2.55. The van der Waals surface area contributed by atoms with Crippen LogP contribution < -0.4 is 0 Å². The lowest BCUT2D eigenvalue weighted by Crippen LogP contribution is -2.53. The fourth-order valence-electron chi connectivity index (χ4n) is 3.34. The number of likely N-dealkylation sites (tertiary alicyclic amines) is 1. The lowest BCUT2D eigenvalue weighted by molar-refractivity contribution is -0.149. The standard InChI is InChI=1S/C14H23NO4/c1-8-6-9-7-10(8)15(11(9)12(16)18-5)13(17)19-14(2,3)4/h8-11H,6-7H2,1-5H3/t8-,9?,10?,11-/m0/s1. The first-order chi connectivity index (χ1) is 8.74. The molecule has 5 nitrogen and oxygen atoms in total. The lowest BCUT2D eigenvalue weighted by Gasteiger charge is -2.37. The average Bonchev–Trinajstić information content (AvgIpc) is 2.81. The van der Waals surface area contributed by atoms with Crippen molar-refractivity contribution in [1.82, 2.24) is 4.90 Å². The first-order valence-electron chi connectivity index (χ1n) is 6.83. The van der Waals surface area contributed by atoms with Gasteiger partial charge in [-0.15, -0.1) is 0 Å². The second-order valence-corrected chi connectivity index (χ2v) is 6.63. The molecule has 2 fully saturated rings. The molecule has 1 aliphatic carbocycles. The van der Waals surface area contributed by atoms with Crippen molar-refractivity contribution in [3.8, 4) is 0 Å². The second-order valence-electron chi connectivity index (χ2n) is 6.63. The van der Waals surface area contributed by atoms with Gasteiger partial charge in [-0.25, -0.2) is 9.59 Å². The highest BCUT2D eigenvalue weighted by Crippen LogP contribution is 2.46. The van der Waals surface area contributed by atoms with Crippen molar-refractivity contribution >= 4 is 12.1 Å². The number of carbonyl (C=O) groups is 2. The van der Waals surface area contributed by atoms with Crippen molar-refractivity contribution in [1.29, 1.82) is 0 Å². The Bertz CT molecular complexity index is 387. The third-order valence-electron chi connectivity index (χ3n) is 4.03. The molecule has 1 amide bonds. The number of esters is 1. The molecule has 2 unspecified atom stereocenters. The summed E-state index contributed by atoms with van der Waals surface area (Å²) in [6.07, 6.45) is 1.45. The molecule has 2 aliphatic rings. The Labute approximate surface area is 114 Å². The van der Waals surface area contributed by atoms with E-state index >= 15 is 0 Å². The molecule has 2 bridgehead atoms. The van der Waals surface area contributed by atoms with Gasteiger partial charge >= 0.3 is 12.1 Å². The normalized spacial score (nSPS) is 33.4. The zero-order valence-electron chi connectivity index (χ0n) is 12.3. The minimum absolute atomic E-state index is 0.101. The van der Waals surface area contributed by atoms with E-state index in [1.807, 2.05) is 20.8 Å². The number of carbonyl (C=O) groups excluding carboxylic acids is 2. The molecule has 0 spiro atoms. The molecule has 1 aliphatic heterocycles. The van der Waals surface area contributed by atoms with Crippen molar-refractivity contribution in [3.63, 3.8) is 0 Å². The number of piperidine rings is 1. The molecule has 0 aromatic carbocycles. The Kier molecular flexibility index (Phi) is 3.49. The summed E-state index contributed by atoms with van der Waals surface area (Å²) in [6, 6.07) is -0.370. The van der Waals surface area contributed by atoms with E-state index in [0.29, 0.717) is 5.92 Å². The van der Waals surface area contributed by atoms with Crippen LogP contribution in [0.3, 0.4) is 0 Å². The van der Waals surface area contributed by atoms with Gasteiger partial charge in [0.15, 0.2) is 0 Å². The van der Waals surface area contributed by atoms with Gasteiger partial charge in [-0.05, 0) is 45.4 Å². The van der Waals surface area contributed by atoms with Gasteiger partial charge in [-0.3, -0.25) is 4.90 Å². The fourth-order valence-corrected chi connectivity index (χ4v) is 3.34. The van der Waals surface area contributed by atoms with Crippen molar-refractivity contribution in [2.24, 2.45) is 11.8 Å². The SMILES string of the molecule is COC(=O)[C@@H]1C2CC([C@@H](C)C2)N1C(=O)OC(C)(C)C. The van der Waals surface area contributed by atoms with Gasteiger partial charge in [0, 0.05) is 6.04 Å². The number of hydrogen-bond acceptors (Lipinski definition) is 4. The van der Waals surface area contributed by atoms with E-state index in [0.717, 1.165) is 12.8 Å². The molecule has 19 heavy (non-hydrogen) atoms. The minimum Gasteiger partial charge on any atom is -0.467 e. The fraction of sp³-hybridized carbons (Fsp3) is 0.857. The highest BCUT2D eigenvalue weighted by molar-refractivity contribution is 5.83. The van der Waals surface area contributed by atoms with E-state index < -0.39 is 17.7 Å². The molecular weight excluding hydrogens is 246 g/mol. The van der Waals surface area contributed by atoms with Crippen LogP contribution >= 0.6 is 0 Å². The highest BCUT2D eigenvalue weighted by atomic mass is 16.6. The monoisotopic (exact) mass is 269 g/mol. The maximum absolute atomic E-state index is 12.3. The van der Waals surface area contributed by atoms with Gasteiger partial charge in [0.05, 0.1) is 7.11 Å². The van der Waals surface area contributed by atoms with E-state index in [4.69, 9.17) is 9.47 Å². The summed E-state index contributed by atoms with van der Waals surface area (Å²) in [7, 11) is 1.37. The van der Waals surface area contributed by atoms with Crippen LogP contribution in [0.5, 0.6) is 0 Å². The zero-order chi connectivity index (χ0) is 14.4. The van der Waals surface area contributed by atoms with Gasteiger partial charge < -0.3 is 9.47 Å². The first kappa shape index (κ1) is 14.2. The lowest BCUT2D eigenvalue weighted by atomic mass is 9.94. The van der Waals surface area contributed by atoms with Gasteiger partial charge in [0.25, 0.3) is 0 Å². The van der Waals surface area contributed by atoms with E-state index in [-0.39, 0.29) is 17.9 Å². The molecule has 0 aromatic heterocycles. The molecule has 1 saturated heterocycles. The largest absolute Gasteiger partial charge is 0.467 e. The van der Waals surface area contributed by atoms with Gasteiger partial charge in [0.1, 0.15) is 11.6 Å². The Hall–Kier alpha value is -1.26. The maximum atomic E-state index is 12.3. The number of ether oxygens (including phenoxy) is 2. The van der Waals surface area contributed by atoms with Crippen LogP contribution in [0.2, 0.25) is 0 Å². The van der Waals surface area contributed by atoms with E-state index in [1.165, 1.54) is 7.11 Å². The van der Waals surface area contributed by atoms with Gasteiger partial charge in [-0.1, -0.05) is 6.92 Å². The molecule has 2 rings (SSSR count). The molecule has 0 radical (unpaired) electrons. The molecule has 108 valence electrons. The topological polar surface area (TPSA) is 55.8 Å². The van der Waals surface area contributed by atoms with E-state index in [1.54, 1.807) is 4.90 Å². The molecular formula is C14H23NO4. The number of amides is 1. The van der Waals surface area contributed by atoms with Crippen LogP contribution in [0.4, 0.5) is 4.79 Å². The predicted octanol–water partition coefficient (Wildman–Crippen LogP) is 2.19. The first-order valence-corrected chi connectivity index (χ1v) is 6.83. The van der Waals surface area contributed by atoms with Crippen LogP contribution in [0.1, 0.15) is 40.5 Å².